The normalized spacial score (nSPS) is 44.8. The van der Waals surface area contributed by atoms with Crippen molar-refractivity contribution in [2.45, 2.75) is 39.0 Å². The summed E-state index contributed by atoms with van der Waals surface area (Å²) in [6, 6.07) is 0. The topological polar surface area (TPSA) is 9.23 Å². The fourth-order valence-electron chi connectivity index (χ4n) is 3.59. The Balaban J connectivity index is 1.99. The van der Waals surface area contributed by atoms with Crippen molar-refractivity contribution in [3.05, 3.63) is 0 Å². The lowest BCUT2D eigenvalue weighted by molar-refractivity contribution is 0.0149. The molecule has 0 amide bonds. The van der Waals surface area contributed by atoms with E-state index in [1.54, 1.807) is 0 Å². The van der Waals surface area contributed by atoms with Crippen LogP contribution in [0.2, 0.25) is 0 Å². The fourth-order valence-corrected chi connectivity index (χ4v) is 3.59. The molecule has 2 saturated carbocycles. The van der Waals surface area contributed by atoms with Crippen molar-refractivity contribution >= 4 is 0 Å². The molecule has 0 aliphatic heterocycles. The zero-order valence-corrected chi connectivity index (χ0v) is 8.96. The van der Waals surface area contributed by atoms with Crippen LogP contribution in [0.25, 0.3) is 0 Å². The average Bonchev–Trinajstić information content (AvgIpc) is 2.12. The number of rotatable bonds is 2. The summed E-state index contributed by atoms with van der Waals surface area (Å²) >= 11 is 0. The molecule has 13 heavy (non-hydrogen) atoms. The summed E-state index contributed by atoms with van der Waals surface area (Å²) in [5.41, 5.74) is 0. The summed E-state index contributed by atoms with van der Waals surface area (Å²) < 4.78 is 5.34. The highest BCUT2D eigenvalue weighted by atomic mass is 16.5. The second-order valence-corrected chi connectivity index (χ2v) is 5.12. The lowest BCUT2D eigenvalue weighted by atomic mass is 9.63. The van der Waals surface area contributed by atoms with Crippen molar-refractivity contribution in [3.63, 3.8) is 0 Å². The number of fused-ring (bicyclic) bond motifs is 2. The smallest absolute Gasteiger partial charge is 0.0495 e. The second-order valence-electron chi connectivity index (χ2n) is 5.12. The summed E-state index contributed by atoms with van der Waals surface area (Å²) in [4.78, 5) is 0. The Morgan fingerprint density at radius 2 is 2.08 bits per heavy atom. The van der Waals surface area contributed by atoms with Gasteiger partial charge in [-0.15, -0.1) is 0 Å². The molecule has 0 heterocycles. The summed E-state index contributed by atoms with van der Waals surface area (Å²) in [6.07, 6.45) is 7.40. The molecule has 0 N–H and O–H groups in total. The molecule has 4 unspecified atom stereocenters. The predicted octanol–water partition coefficient (Wildman–Crippen LogP) is 3.10. The number of ether oxygens (including phenoxy) is 1. The molecule has 4 atom stereocenters. The Hall–Kier alpha value is -0.0400. The van der Waals surface area contributed by atoms with Crippen LogP contribution in [0.5, 0.6) is 0 Å². The molecule has 76 valence electrons. The first-order valence-electron chi connectivity index (χ1n) is 5.80. The van der Waals surface area contributed by atoms with Crippen LogP contribution in [0.4, 0.5) is 0 Å². The van der Waals surface area contributed by atoms with Crippen LogP contribution < -0.4 is 0 Å². The molecule has 0 aromatic rings. The molecule has 0 spiro atoms. The van der Waals surface area contributed by atoms with Gasteiger partial charge >= 0.3 is 0 Å². The molecule has 2 bridgehead atoms. The second kappa shape index (κ2) is 4.00. The van der Waals surface area contributed by atoms with Gasteiger partial charge in [0.05, 0.1) is 0 Å². The number of hydrogen-bond donors (Lipinski definition) is 0. The van der Waals surface area contributed by atoms with Crippen molar-refractivity contribution < 1.29 is 4.74 Å². The zero-order chi connectivity index (χ0) is 9.26. The van der Waals surface area contributed by atoms with Crippen LogP contribution in [0.3, 0.4) is 0 Å². The van der Waals surface area contributed by atoms with E-state index >= 15 is 0 Å². The minimum atomic E-state index is 0.863. The molecule has 1 heteroatoms. The molecular formula is C12H22O. The maximum absolute atomic E-state index is 5.34. The van der Waals surface area contributed by atoms with Gasteiger partial charge < -0.3 is 4.74 Å². The monoisotopic (exact) mass is 182 g/mol. The highest BCUT2D eigenvalue weighted by molar-refractivity contribution is 4.87. The van der Waals surface area contributed by atoms with Gasteiger partial charge in [-0.3, -0.25) is 0 Å². The average molecular weight is 182 g/mol. The van der Waals surface area contributed by atoms with Gasteiger partial charge in [-0.2, -0.15) is 0 Å². The summed E-state index contributed by atoms with van der Waals surface area (Å²) in [7, 11) is 1.85. The van der Waals surface area contributed by atoms with E-state index in [2.05, 4.69) is 6.92 Å². The quantitative estimate of drug-likeness (QED) is 0.637. The van der Waals surface area contributed by atoms with E-state index in [0.717, 1.165) is 30.3 Å². The number of hydrogen-bond acceptors (Lipinski definition) is 1. The van der Waals surface area contributed by atoms with Gasteiger partial charge in [0.15, 0.2) is 0 Å². The summed E-state index contributed by atoms with van der Waals surface area (Å²) in [5, 5.41) is 0. The zero-order valence-electron chi connectivity index (χ0n) is 8.96. The van der Waals surface area contributed by atoms with Crippen molar-refractivity contribution in [1.29, 1.82) is 0 Å². The Labute approximate surface area is 81.9 Å². The van der Waals surface area contributed by atoms with Crippen LogP contribution in [0.15, 0.2) is 0 Å². The molecule has 0 radical (unpaired) electrons. The van der Waals surface area contributed by atoms with E-state index in [1.165, 1.54) is 32.1 Å². The molecule has 1 nitrogen and oxygen atoms in total. The molecule has 2 aliphatic carbocycles. The minimum absolute atomic E-state index is 0.863. The maximum Gasteiger partial charge on any atom is 0.0495 e. The first kappa shape index (κ1) is 9.51. The largest absolute Gasteiger partial charge is 0.384 e. The Morgan fingerprint density at radius 3 is 2.85 bits per heavy atom. The standard InChI is InChI=1S/C12H22O/c1-9-6-10-4-3-5-11(7-10)12(9)8-13-2/h9-12H,3-8H2,1-2H3. The SMILES string of the molecule is COCC1C(C)CC2CCCC1C2. The van der Waals surface area contributed by atoms with E-state index < -0.39 is 0 Å². The lowest BCUT2D eigenvalue weighted by Gasteiger charge is -2.44. The van der Waals surface area contributed by atoms with Crippen molar-refractivity contribution in [3.8, 4) is 0 Å². The first-order valence-corrected chi connectivity index (χ1v) is 5.80. The third-order valence-corrected chi connectivity index (χ3v) is 4.22. The van der Waals surface area contributed by atoms with Gasteiger partial charge in [-0.25, -0.2) is 0 Å². The molecule has 2 fully saturated rings. The Bertz CT molecular complexity index is 165. The summed E-state index contributed by atoms with van der Waals surface area (Å²) in [5.74, 6) is 3.81. The van der Waals surface area contributed by atoms with Gasteiger partial charge in [-0.05, 0) is 36.5 Å². The van der Waals surface area contributed by atoms with Crippen LogP contribution in [-0.4, -0.2) is 13.7 Å². The van der Waals surface area contributed by atoms with Gasteiger partial charge in [0, 0.05) is 13.7 Å². The predicted molar refractivity (Wildman–Crippen MR) is 54.6 cm³/mol. The number of methoxy groups -OCH3 is 1. The van der Waals surface area contributed by atoms with Crippen LogP contribution >= 0.6 is 0 Å². The third-order valence-electron chi connectivity index (χ3n) is 4.22. The van der Waals surface area contributed by atoms with E-state index in [1.807, 2.05) is 7.11 Å². The molecule has 0 aromatic carbocycles. The van der Waals surface area contributed by atoms with Gasteiger partial charge in [0.1, 0.15) is 0 Å². The van der Waals surface area contributed by atoms with Gasteiger partial charge in [-0.1, -0.05) is 26.2 Å². The highest BCUT2D eigenvalue weighted by Gasteiger charge is 2.37. The molecule has 0 aromatic heterocycles. The Morgan fingerprint density at radius 1 is 1.23 bits per heavy atom. The Kier molecular flexibility index (Phi) is 2.92. The van der Waals surface area contributed by atoms with E-state index in [4.69, 9.17) is 4.74 Å². The highest BCUT2D eigenvalue weighted by Crippen LogP contribution is 2.45. The minimum Gasteiger partial charge on any atom is -0.384 e. The van der Waals surface area contributed by atoms with Crippen molar-refractivity contribution in [1.82, 2.24) is 0 Å². The molecular weight excluding hydrogens is 160 g/mol. The first-order chi connectivity index (χ1) is 6.31. The van der Waals surface area contributed by atoms with E-state index in [0.29, 0.717) is 0 Å². The molecule has 2 aliphatic rings. The maximum atomic E-state index is 5.34. The lowest BCUT2D eigenvalue weighted by Crippen LogP contribution is -2.36. The van der Waals surface area contributed by atoms with E-state index in [9.17, 15) is 0 Å². The van der Waals surface area contributed by atoms with Gasteiger partial charge in [0.2, 0.25) is 0 Å². The molecule has 2 rings (SSSR count). The van der Waals surface area contributed by atoms with Crippen LogP contribution in [0, 0.1) is 23.7 Å². The third kappa shape index (κ3) is 1.90. The fraction of sp³-hybridized carbons (Fsp3) is 1.00. The molecule has 0 saturated heterocycles. The van der Waals surface area contributed by atoms with Crippen LogP contribution in [-0.2, 0) is 4.74 Å². The van der Waals surface area contributed by atoms with Crippen LogP contribution in [0.1, 0.15) is 39.0 Å². The van der Waals surface area contributed by atoms with E-state index in [-0.39, 0.29) is 0 Å². The van der Waals surface area contributed by atoms with Gasteiger partial charge in [0.25, 0.3) is 0 Å². The summed E-state index contributed by atoms with van der Waals surface area (Å²) in [6.45, 7) is 3.42. The van der Waals surface area contributed by atoms with Crippen molar-refractivity contribution in [2.24, 2.45) is 23.7 Å². The van der Waals surface area contributed by atoms with Crippen molar-refractivity contribution in [2.75, 3.05) is 13.7 Å².